The van der Waals surface area contributed by atoms with Gasteiger partial charge in [0.2, 0.25) is 10.0 Å². The third-order valence-electron chi connectivity index (χ3n) is 3.15. The van der Waals surface area contributed by atoms with Crippen molar-refractivity contribution in [1.82, 2.24) is 9.71 Å². The van der Waals surface area contributed by atoms with E-state index in [2.05, 4.69) is 9.71 Å². The number of aromatic nitrogens is 1. The Kier molecular flexibility index (Phi) is 4.30. The Morgan fingerprint density at radius 1 is 1.48 bits per heavy atom. The number of pyridine rings is 1. The van der Waals surface area contributed by atoms with Crippen LogP contribution in [0.5, 0.6) is 0 Å². The molecule has 0 aromatic carbocycles. The van der Waals surface area contributed by atoms with E-state index >= 15 is 0 Å². The summed E-state index contributed by atoms with van der Waals surface area (Å²) < 4.78 is 48.9. The molecule has 1 aromatic heterocycles. The molecule has 2 heterocycles. The normalized spacial score (nSPS) is 21.2. The fraction of sp³-hybridized carbons (Fsp3) is 0.455. The maximum atomic E-state index is 12.0. The third kappa shape index (κ3) is 3.99. The largest absolute Gasteiger partial charge is 0.478 e. The van der Waals surface area contributed by atoms with E-state index in [4.69, 9.17) is 5.11 Å². The van der Waals surface area contributed by atoms with Crippen LogP contribution in [0.25, 0.3) is 0 Å². The minimum Gasteiger partial charge on any atom is -0.478 e. The standard InChI is InChI=1S/C11H14N2O6S2/c14-11(15)8-1-3-12-9(5-8)6-13-21(18,19)10-2-4-20(16,17)7-10/h1,3,5,10,13H,2,4,6-7H2,(H,14,15). The highest BCUT2D eigenvalue weighted by Crippen LogP contribution is 2.18. The highest BCUT2D eigenvalue weighted by molar-refractivity contribution is 7.95. The highest BCUT2D eigenvalue weighted by Gasteiger charge is 2.36. The minimum atomic E-state index is -3.78. The van der Waals surface area contributed by atoms with Crippen molar-refractivity contribution in [2.75, 3.05) is 11.5 Å². The Bertz CT molecular complexity index is 757. The van der Waals surface area contributed by atoms with Crippen LogP contribution >= 0.6 is 0 Å². The van der Waals surface area contributed by atoms with Gasteiger partial charge in [0, 0.05) is 6.20 Å². The summed E-state index contributed by atoms with van der Waals surface area (Å²) in [6, 6.07) is 2.56. The van der Waals surface area contributed by atoms with Gasteiger partial charge < -0.3 is 5.11 Å². The number of rotatable bonds is 5. The molecule has 2 N–H and O–H groups in total. The maximum Gasteiger partial charge on any atom is 0.335 e. The SMILES string of the molecule is O=C(O)c1ccnc(CNS(=O)(=O)C2CCS(=O)(=O)C2)c1. The molecule has 0 radical (unpaired) electrons. The van der Waals surface area contributed by atoms with Crippen molar-refractivity contribution >= 4 is 25.8 Å². The Hall–Kier alpha value is -1.52. The Morgan fingerprint density at radius 3 is 2.76 bits per heavy atom. The lowest BCUT2D eigenvalue weighted by atomic mass is 10.2. The van der Waals surface area contributed by atoms with Gasteiger partial charge in [0.25, 0.3) is 0 Å². The van der Waals surface area contributed by atoms with E-state index < -0.39 is 31.1 Å². The molecule has 0 saturated carbocycles. The van der Waals surface area contributed by atoms with Gasteiger partial charge in [-0.15, -0.1) is 0 Å². The average Bonchev–Trinajstić information content (AvgIpc) is 2.78. The molecule has 2 rings (SSSR count). The van der Waals surface area contributed by atoms with Crippen LogP contribution in [0.4, 0.5) is 0 Å². The number of sulfone groups is 1. The van der Waals surface area contributed by atoms with Gasteiger partial charge in [-0.25, -0.2) is 26.4 Å². The molecule has 116 valence electrons. The first kappa shape index (κ1) is 15.9. The van der Waals surface area contributed by atoms with Gasteiger partial charge in [0.15, 0.2) is 9.84 Å². The van der Waals surface area contributed by atoms with Crippen molar-refractivity contribution < 1.29 is 26.7 Å². The second-order valence-corrected chi connectivity index (χ2v) is 9.01. The molecule has 0 spiro atoms. The lowest BCUT2D eigenvalue weighted by Gasteiger charge is -2.11. The van der Waals surface area contributed by atoms with Crippen molar-refractivity contribution in [3.8, 4) is 0 Å². The molecule has 10 heteroatoms. The van der Waals surface area contributed by atoms with Gasteiger partial charge in [-0.3, -0.25) is 4.98 Å². The molecule has 1 saturated heterocycles. The molecule has 8 nitrogen and oxygen atoms in total. The maximum absolute atomic E-state index is 12.0. The topological polar surface area (TPSA) is 130 Å². The zero-order valence-electron chi connectivity index (χ0n) is 10.9. The molecule has 1 atom stereocenters. The zero-order valence-corrected chi connectivity index (χ0v) is 12.5. The summed E-state index contributed by atoms with van der Waals surface area (Å²) in [5, 5.41) is 7.87. The minimum absolute atomic E-state index is 0.00245. The molecule has 0 aliphatic carbocycles. The number of carbonyl (C=O) groups is 1. The van der Waals surface area contributed by atoms with E-state index in [1.807, 2.05) is 0 Å². The van der Waals surface area contributed by atoms with Crippen molar-refractivity contribution in [2.45, 2.75) is 18.2 Å². The first-order valence-electron chi connectivity index (χ1n) is 6.07. The fourth-order valence-electron chi connectivity index (χ4n) is 2.01. The smallest absolute Gasteiger partial charge is 0.335 e. The predicted molar refractivity (Wildman–Crippen MR) is 74.0 cm³/mol. The first-order chi connectivity index (χ1) is 9.70. The van der Waals surface area contributed by atoms with Crippen molar-refractivity contribution in [2.24, 2.45) is 0 Å². The van der Waals surface area contributed by atoms with Crippen LogP contribution in [0.1, 0.15) is 22.5 Å². The lowest BCUT2D eigenvalue weighted by molar-refractivity contribution is 0.0696. The number of carboxylic acid groups (broad SMARTS) is 1. The van der Waals surface area contributed by atoms with Crippen molar-refractivity contribution in [3.05, 3.63) is 29.6 Å². The molecule has 21 heavy (non-hydrogen) atoms. The van der Waals surface area contributed by atoms with Crippen LogP contribution in [0.3, 0.4) is 0 Å². The van der Waals surface area contributed by atoms with E-state index in [1.165, 1.54) is 18.3 Å². The molecule has 1 aliphatic rings. The van der Waals surface area contributed by atoms with Gasteiger partial charge in [0.1, 0.15) is 0 Å². The molecular weight excluding hydrogens is 320 g/mol. The quantitative estimate of drug-likeness (QED) is 0.734. The zero-order chi connectivity index (χ0) is 15.7. The Labute approximate surface area is 122 Å². The molecule has 0 bridgehead atoms. The van der Waals surface area contributed by atoms with Crippen LogP contribution in [-0.4, -0.2) is 49.7 Å². The van der Waals surface area contributed by atoms with Gasteiger partial charge in [-0.1, -0.05) is 0 Å². The van der Waals surface area contributed by atoms with Crippen molar-refractivity contribution in [3.63, 3.8) is 0 Å². The number of hydrogen-bond donors (Lipinski definition) is 2. The first-order valence-corrected chi connectivity index (χ1v) is 9.43. The van der Waals surface area contributed by atoms with Crippen LogP contribution in [-0.2, 0) is 26.4 Å². The van der Waals surface area contributed by atoms with E-state index in [9.17, 15) is 21.6 Å². The summed E-state index contributed by atoms with van der Waals surface area (Å²) in [5.74, 6) is -1.65. The van der Waals surface area contributed by atoms with Crippen LogP contribution in [0.15, 0.2) is 18.3 Å². The Morgan fingerprint density at radius 2 is 2.19 bits per heavy atom. The van der Waals surface area contributed by atoms with E-state index in [0.717, 1.165) is 0 Å². The Balaban J connectivity index is 2.05. The molecular formula is C11H14N2O6S2. The highest BCUT2D eigenvalue weighted by atomic mass is 32.2. The van der Waals surface area contributed by atoms with Crippen LogP contribution in [0.2, 0.25) is 0 Å². The number of hydrogen-bond acceptors (Lipinski definition) is 6. The third-order valence-corrected chi connectivity index (χ3v) is 6.95. The summed E-state index contributed by atoms with van der Waals surface area (Å²) in [6.45, 7) is -0.181. The lowest BCUT2D eigenvalue weighted by Crippen LogP contribution is -2.34. The number of nitrogens with zero attached hydrogens (tertiary/aromatic N) is 1. The molecule has 1 fully saturated rings. The van der Waals surface area contributed by atoms with Gasteiger partial charge in [-0.05, 0) is 18.6 Å². The van der Waals surface area contributed by atoms with Crippen molar-refractivity contribution in [1.29, 1.82) is 0 Å². The fourth-order valence-corrected chi connectivity index (χ4v) is 6.05. The number of sulfonamides is 1. The number of carboxylic acids is 1. The summed E-state index contributed by atoms with van der Waals surface area (Å²) in [4.78, 5) is 14.7. The number of aromatic carboxylic acids is 1. The van der Waals surface area contributed by atoms with Crippen LogP contribution < -0.4 is 4.72 Å². The average molecular weight is 334 g/mol. The number of nitrogens with one attached hydrogen (secondary N) is 1. The van der Waals surface area contributed by atoms with Crippen LogP contribution in [0, 0.1) is 0 Å². The molecule has 1 aromatic rings. The molecule has 1 unspecified atom stereocenters. The summed E-state index contributed by atoms with van der Waals surface area (Å²) in [5.41, 5.74) is 0.252. The second-order valence-electron chi connectivity index (χ2n) is 4.73. The molecule has 0 amide bonds. The van der Waals surface area contributed by atoms with Gasteiger partial charge >= 0.3 is 5.97 Å². The van der Waals surface area contributed by atoms with E-state index in [-0.39, 0.29) is 35.7 Å². The summed E-state index contributed by atoms with van der Waals surface area (Å²) in [7, 11) is -7.07. The van der Waals surface area contributed by atoms with E-state index in [0.29, 0.717) is 0 Å². The predicted octanol–water partition coefficient (Wildman–Crippen LogP) is -0.614. The monoisotopic (exact) mass is 334 g/mol. The summed E-state index contributed by atoms with van der Waals surface area (Å²) in [6.07, 6.45) is 1.34. The molecule has 1 aliphatic heterocycles. The van der Waals surface area contributed by atoms with Gasteiger partial charge in [-0.2, -0.15) is 0 Å². The summed E-state index contributed by atoms with van der Waals surface area (Å²) >= 11 is 0. The second kappa shape index (κ2) is 5.70. The van der Waals surface area contributed by atoms with Gasteiger partial charge in [0.05, 0.1) is 34.6 Å². The van der Waals surface area contributed by atoms with E-state index in [1.54, 1.807) is 0 Å².